The van der Waals surface area contributed by atoms with Gasteiger partial charge in [-0.2, -0.15) is 8.42 Å². The van der Waals surface area contributed by atoms with Crippen LogP contribution in [-0.2, 0) is 14.9 Å². The van der Waals surface area contributed by atoms with Crippen molar-refractivity contribution in [3.63, 3.8) is 0 Å². The summed E-state index contributed by atoms with van der Waals surface area (Å²) in [4.78, 5) is 0.519. The first-order valence-corrected chi connectivity index (χ1v) is 8.01. The zero-order chi connectivity index (χ0) is 13.6. The van der Waals surface area contributed by atoms with Crippen LogP contribution in [0.4, 0.5) is 0 Å². The quantitative estimate of drug-likeness (QED) is 0.471. The lowest BCUT2D eigenvalue weighted by molar-refractivity contribution is 0.109. The summed E-state index contributed by atoms with van der Waals surface area (Å²) in [6.07, 6.45) is 1.82. The van der Waals surface area contributed by atoms with E-state index < -0.39 is 10.1 Å². The van der Waals surface area contributed by atoms with Crippen LogP contribution >= 0.6 is 11.8 Å². The van der Waals surface area contributed by atoms with E-state index in [0.29, 0.717) is 13.2 Å². The van der Waals surface area contributed by atoms with E-state index in [4.69, 9.17) is 14.0 Å². The van der Waals surface area contributed by atoms with Crippen LogP contribution in [-0.4, -0.2) is 39.0 Å². The maximum atomic E-state index is 11.2. The van der Waals surface area contributed by atoms with Gasteiger partial charge in [0.15, 0.2) is 0 Å². The molecule has 0 aliphatic carbocycles. The standard InChI is InChI=1S/C11H16O5S2/c1-3-15-6-7-16-10-5-4-9(17-2)8-11(10)18(12,13)14/h4-5,8H,3,6-7H2,1-2H3,(H,12,13,14). The highest BCUT2D eigenvalue weighted by atomic mass is 32.2. The summed E-state index contributed by atoms with van der Waals surface area (Å²) in [5, 5.41) is 0. The van der Waals surface area contributed by atoms with Gasteiger partial charge >= 0.3 is 0 Å². The highest BCUT2D eigenvalue weighted by molar-refractivity contribution is 7.98. The fourth-order valence-electron chi connectivity index (χ4n) is 1.29. The highest BCUT2D eigenvalue weighted by Crippen LogP contribution is 2.28. The van der Waals surface area contributed by atoms with E-state index in [1.54, 1.807) is 6.07 Å². The van der Waals surface area contributed by atoms with Crippen LogP contribution in [0.5, 0.6) is 5.75 Å². The van der Waals surface area contributed by atoms with Gasteiger partial charge in [0.25, 0.3) is 10.1 Å². The molecule has 18 heavy (non-hydrogen) atoms. The second-order valence-electron chi connectivity index (χ2n) is 3.33. The minimum absolute atomic E-state index is 0.134. The molecule has 1 rings (SSSR count). The molecule has 102 valence electrons. The lowest BCUT2D eigenvalue weighted by atomic mass is 10.3. The largest absolute Gasteiger partial charge is 0.490 e. The Balaban J connectivity index is 2.90. The maximum Gasteiger partial charge on any atom is 0.298 e. The van der Waals surface area contributed by atoms with E-state index in [-0.39, 0.29) is 17.3 Å². The van der Waals surface area contributed by atoms with Crippen molar-refractivity contribution in [1.82, 2.24) is 0 Å². The zero-order valence-corrected chi connectivity index (χ0v) is 11.9. The molecule has 0 saturated heterocycles. The number of rotatable bonds is 7. The van der Waals surface area contributed by atoms with Crippen LogP contribution < -0.4 is 4.74 Å². The molecular weight excluding hydrogens is 276 g/mol. The zero-order valence-electron chi connectivity index (χ0n) is 10.3. The monoisotopic (exact) mass is 292 g/mol. The van der Waals surface area contributed by atoms with Crippen molar-refractivity contribution in [1.29, 1.82) is 0 Å². The molecule has 0 aromatic heterocycles. The number of hydrogen-bond donors (Lipinski definition) is 1. The Labute approximate surface area is 111 Å². The molecule has 0 atom stereocenters. The number of hydrogen-bond acceptors (Lipinski definition) is 5. The highest BCUT2D eigenvalue weighted by Gasteiger charge is 2.17. The lowest BCUT2D eigenvalue weighted by Gasteiger charge is -2.10. The van der Waals surface area contributed by atoms with Gasteiger partial charge in [-0.15, -0.1) is 11.8 Å². The first-order chi connectivity index (χ1) is 8.49. The predicted molar refractivity (Wildman–Crippen MR) is 70.0 cm³/mol. The molecule has 7 heteroatoms. The van der Waals surface area contributed by atoms with Gasteiger partial charge < -0.3 is 9.47 Å². The van der Waals surface area contributed by atoms with Crippen LogP contribution in [0, 0.1) is 0 Å². The first kappa shape index (κ1) is 15.3. The molecule has 0 aliphatic rings. The Bertz CT molecular complexity index is 484. The van der Waals surface area contributed by atoms with E-state index >= 15 is 0 Å². The van der Waals surface area contributed by atoms with Gasteiger partial charge in [0.1, 0.15) is 17.3 Å². The fourth-order valence-corrected chi connectivity index (χ4v) is 2.46. The average Bonchev–Trinajstić information content (AvgIpc) is 2.33. The summed E-state index contributed by atoms with van der Waals surface area (Å²) < 4.78 is 42.0. The summed E-state index contributed by atoms with van der Waals surface area (Å²) in [6.45, 7) is 3.03. The van der Waals surface area contributed by atoms with Gasteiger partial charge in [-0.25, -0.2) is 0 Å². The lowest BCUT2D eigenvalue weighted by Crippen LogP contribution is -2.09. The van der Waals surface area contributed by atoms with Crippen LogP contribution in [0.2, 0.25) is 0 Å². The van der Waals surface area contributed by atoms with Crippen molar-refractivity contribution in [2.24, 2.45) is 0 Å². The molecule has 1 aromatic rings. The van der Waals surface area contributed by atoms with Crippen LogP contribution in [0.25, 0.3) is 0 Å². The van der Waals surface area contributed by atoms with Crippen molar-refractivity contribution >= 4 is 21.9 Å². The maximum absolute atomic E-state index is 11.2. The average molecular weight is 292 g/mol. The normalized spacial score (nSPS) is 11.5. The SMILES string of the molecule is CCOCCOc1ccc(SC)cc1S(=O)(=O)O. The number of ether oxygens (including phenoxy) is 2. The smallest absolute Gasteiger partial charge is 0.298 e. The molecule has 0 heterocycles. The molecule has 1 N–H and O–H groups in total. The molecule has 0 spiro atoms. The summed E-state index contributed by atoms with van der Waals surface area (Å²) in [5.74, 6) is 0.134. The number of benzene rings is 1. The van der Waals surface area contributed by atoms with Gasteiger partial charge in [0.2, 0.25) is 0 Å². The van der Waals surface area contributed by atoms with E-state index in [9.17, 15) is 8.42 Å². The van der Waals surface area contributed by atoms with Crippen molar-refractivity contribution in [2.75, 3.05) is 26.1 Å². The number of thioether (sulfide) groups is 1. The molecule has 0 unspecified atom stereocenters. The van der Waals surface area contributed by atoms with Crippen molar-refractivity contribution in [3.05, 3.63) is 18.2 Å². The van der Waals surface area contributed by atoms with Crippen LogP contribution in [0.15, 0.2) is 28.0 Å². The van der Waals surface area contributed by atoms with E-state index in [0.717, 1.165) is 4.90 Å². The van der Waals surface area contributed by atoms with Gasteiger partial charge in [0.05, 0.1) is 6.61 Å². The minimum Gasteiger partial charge on any atom is -0.490 e. The minimum atomic E-state index is -4.29. The summed E-state index contributed by atoms with van der Waals surface area (Å²) in [7, 11) is -4.29. The summed E-state index contributed by atoms with van der Waals surface area (Å²) in [6, 6.07) is 4.65. The van der Waals surface area contributed by atoms with Gasteiger partial charge in [-0.1, -0.05) is 0 Å². The summed E-state index contributed by atoms with van der Waals surface area (Å²) >= 11 is 1.38. The molecule has 0 saturated carbocycles. The Morgan fingerprint density at radius 1 is 1.33 bits per heavy atom. The third-order valence-electron chi connectivity index (χ3n) is 2.12. The molecule has 1 aromatic carbocycles. The van der Waals surface area contributed by atoms with E-state index in [2.05, 4.69) is 0 Å². The second kappa shape index (κ2) is 6.98. The molecule has 0 radical (unpaired) electrons. The van der Waals surface area contributed by atoms with Crippen LogP contribution in [0.1, 0.15) is 6.92 Å². The van der Waals surface area contributed by atoms with Crippen LogP contribution in [0.3, 0.4) is 0 Å². The van der Waals surface area contributed by atoms with Gasteiger partial charge in [0, 0.05) is 11.5 Å². The molecule has 5 nitrogen and oxygen atoms in total. The molecular formula is C11H16O5S2. The van der Waals surface area contributed by atoms with Gasteiger partial charge in [-0.3, -0.25) is 4.55 Å². The summed E-state index contributed by atoms with van der Waals surface area (Å²) in [5.41, 5.74) is 0. The molecule has 0 fully saturated rings. The van der Waals surface area contributed by atoms with E-state index in [1.807, 2.05) is 13.2 Å². The topological polar surface area (TPSA) is 72.8 Å². The molecule has 0 bridgehead atoms. The van der Waals surface area contributed by atoms with Crippen molar-refractivity contribution in [2.45, 2.75) is 16.7 Å². The van der Waals surface area contributed by atoms with Crippen molar-refractivity contribution in [3.8, 4) is 5.75 Å². The third kappa shape index (κ3) is 4.49. The van der Waals surface area contributed by atoms with E-state index in [1.165, 1.54) is 23.9 Å². The Morgan fingerprint density at radius 3 is 2.61 bits per heavy atom. The second-order valence-corrected chi connectivity index (χ2v) is 5.60. The Morgan fingerprint density at radius 2 is 2.06 bits per heavy atom. The first-order valence-electron chi connectivity index (χ1n) is 5.35. The van der Waals surface area contributed by atoms with Crippen molar-refractivity contribution < 1.29 is 22.4 Å². The predicted octanol–water partition coefficient (Wildman–Crippen LogP) is 2.07. The Kier molecular flexibility index (Phi) is 5.94. The molecule has 0 aliphatic heterocycles. The third-order valence-corrected chi connectivity index (χ3v) is 3.72. The van der Waals surface area contributed by atoms with Gasteiger partial charge in [-0.05, 0) is 31.4 Å². The molecule has 0 amide bonds. The Hall–Kier alpha value is -0.760. The fraction of sp³-hybridized carbons (Fsp3) is 0.455.